The summed E-state index contributed by atoms with van der Waals surface area (Å²) in [6.07, 6.45) is 1.41. The van der Waals surface area contributed by atoms with Gasteiger partial charge < -0.3 is 9.47 Å². The number of carbonyl (C=O) groups is 1. The number of rotatable bonds is 4. The Hall–Kier alpha value is -2.65. The van der Waals surface area contributed by atoms with Crippen LogP contribution in [0.4, 0.5) is 5.69 Å². The van der Waals surface area contributed by atoms with Gasteiger partial charge in [0.25, 0.3) is 0 Å². The second-order valence-electron chi connectivity index (χ2n) is 6.44. The summed E-state index contributed by atoms with van der Waals surface area (Å²) in [7, 11) is 1.60. The van der Waals surface area contributed by atoms with Crippen molar-refractivity contribution in [2.24, 2.45) is 0 Å². The number of para-hydroxylation sites is 1. The number of nitrogens with zero attached hydrogens (tertiary/aromatic N) is 4. The molecular formula is C21H19BrN4O3S. The van der Waals surface area contributed by atoms with Gasteiger partial charge >= 0.3 is 0 Å². The first-order chi connectivity index (χ1) is 14.6. The van der Waals surface area contributed by atoms with Crippen LogP contribution in [0.5, 0.6) is 11.6 Å². The minimum Gasteiger partial charge on any atom is -0.497 e. The van der Waals surface area contributed by atoms with Gasteiger partial charge in [0.1, 0.15) is 5.75 Å². The number of thioether (sulfide) groups is 1. The van der Waals surface area contributed by atoms with E-state index < -0.39 is 6.23 Å². The molecule has 0 spiro atoms. The topological polar surface area (TPSA) is 77.4 Å². The molecule has 2 heterocycles. The first kappa shape index (κ1) is 20.6. The third-order valence-corrected chi connectivity index (χ3v) is 5.99. The maximum atomic E-state index is 13.1. The van der Waals surface area contributed by atoms with Gasteiger partial charge in [-0.1, -0.05) is 52.8 Å². The predicted octanol–water partition coefficient (Wildman–Crippen LogP) is 4.87. The molecular weight excluding hydrogens is 468 g/mol. The lowest BCUT2D eigenvalue weighted by molar-refractivity contribution is -0.120. The molecule has 0 N–H and O–H groups in total. The van der Waals surface area contributed by atoms with Crippen molar-refractivity contribution < 1.29 is 14.3 Å². The maximum absolute atomic E-state index is 13.1. The van der Waals surface area contributed by atoms with Gasteiger partial charge in [0.2, 0.25) is 23.2 Å². The average molecular weight is 487 g/mol. The van der Waals surface area contributed by atoms with Crippen LogP contribution >= 0.6 is 27.7 Å². The van der Waals surface area contributed by atoms with Gasteiger partial charge in [-0.2, -0.15) is 4.98 Å². The molecule has 0 radical (unpaired) electrons. The van der Waals surface area contributed by atoms with Gasteiger partial charge in [-0.05, 0) is 30.5 Å². The van der Waals surface area contributed by atoms with Crippen LogP contribution in [0.25, 0.3) is 11.3 Å². The zero-order valence-corrected chi connectivity index (χ0v) is 19.0. The Morgan fingerprint density at radius 3 is 2.80 bits per heavy atom. The lowest BCUT2D eigenvalue weighted by Gasteiger charge is -2.31. The first-order valence-corrected chi connectivity index (χ1v) is 11.3. The minimum atomic E-state index is -0.768. The minimum absolute atomic E-state index is 0.0898. The number of hydrogen-bond donors (Lipinski definition) is 0. The summed E-state index contributed by atoms with van der Waals surface area (Å²) in [5.74, 6) is 0.894. The fraction of sp³-hybridized carbons (Fsp3) is 0.238. The zero-order valence-electron chi connectivity index (χ0n) is 16.6. The molecule has 4 rings (SSSR count). The number of amides is 1. The molecule has 1 atom stereocenters. The van der Waals surface area contributed by atoms with E-state index in [0.717, 1.165) is 15.6 Å². The van der Waals surface area contributed by atoms with E-state index in [9.17, 15) is 4.79 Å². The Labute approximate surface area is 186 Å². The number of hydrogen-bond acceptors (Lipinski definition) is 7. The number of methoxy groups -OCH3 is 1. The van der Waals surface area contributed by atoms with Gasteiger partial charge in [-0.15, -0.1) is 10.2 Å². The highest BCUT2D eigenvalue weighted by Gasteiger charge is 2.36. The van der Waals surface area contributed by atoms with E-state index in [-0.39, 0.29) is 5.91 Å². The van der Waals surface area contributed by atoms with Crippen LogP contribution in [0.1, 0.15) is 25.1 Å². The predicted molar refractivity (Wildman–Crippen MR) is 119 cm³/mol. The van der Waals surface area contributed by atoms with Crippen LogP contribution in [-0.2, 0) is 4.79 Å². The molecule has 1 unspecified atom stereocenters. The number of benzene rings is 2. The van der Waals surface area contributed by atoms with E-state index in [1.54, 1.807) is 12.0 Å². The number of carbonyl (C=O) groups excluding carboxylic acids is 1. The van der Waals surface area contributed by atoms with Crippen LogP contribution in [0.3, 0.4) is 0 Å². The van der Waals surface area contributed by atoms with Gasteiger partial charge in [0, 0.05) is 22.0 Å². The van der Waals surface area contributed by atoms with Crippen LogP contribution in [0, 0.1) is 0 Å². The normalized spacial score (nSPS) is 14.9. The van der Waals surface area contributed by atoms with E-state index in [0.29, 0.717) is 34.6 Å². The van der Waals surface area contributed by atoms with Crippen molar-refractivity contribution in [2.75, 3.05) is 18.3 Å². The Morgan fingerprint density at radius 1 is 1.27 bits per heavy atom. The molecule has 0 bridgehead atoms. The summed E-state index contributed by atoms with van der Waals surface area (Å²) >= 11 is 4.97. The van der Waals surface area contributed by atoms with Gasteiger partial charge in [0.05, 0.1) is 12.8 Å². The summed E-state index contributed by atoms with van der Waals surface area (Å²) in [4.78, 5) is 19.3. The molecule has 3 aromatic rings. The number of ether oxygens (including phenoxy) is 2. The van der Waals surface area contributed by atoms with E-state index in [4.69, 9.17) is 9.47 Å². The number of aromatic nitrogens is 3. The van der Waals surface area contributed by atoms with Crippen molar-refractivity contribution in [1.29, 1.82) is 0 Å². The highest BCUT2D eigenvalue weighted by Crippen LogP contribution is 2.45. The molecule has 154 valence electrons. The fourth-order valence-corrected chi connectivity index (χ4v) is 4.02. The van der Waals surface area contributed by atoms with Crippen molar-refractivity contribution in [1.82, 2.24) is 15.2 Å². The summed E-state index contributed by atoms with van der Waals surface area (Å²) in [5.41, 5.74) is 2.67. The summed E-state index contributed by atoms with van der Waals surface area (Å²) < 4.78 is 12.6. The highest BCUT2D eigenvalue weighted by molar-refractivity contribution is 9.10. The molecule has 0 fully saturated rings. The van der Waals surface area contributed by atoms with Crippen molar-refractivity contribution >= 4 is 39.3 Å². The molecule has 2 aromatic carbocycles. The first-order valence-electron chi connectivity index (χ1n) is 9.27. The molecule has 30 heavy (non-hydrogen) atoms. The molecule has 0 saturated carbocycles. The van der Waals surface area contributed by atoms with E-state index in [2.05, 4.69) is 31.1 Å². The molecule has 1 aliphatic heterocycles. The Balaban J connectivity index is 2.00. The Morgan fingerprint density at radius 2 is 2.07 bits per heavy atom. The van der Waals surface area contributed by atoms with E-state index >= 15 is 0 Å². The monoisotopic (exact) mass is 486 g/mol. The van der Waals surface area contributed by atoms with Crippen LogP contribution in [-0.4, -0.2) is 34.5 Å². The Kier molecular flexibility index (Phi) is 5.92. The SMILES string of the molecule is CCC(=O)N1c2ccccc2-c2nnc(SC)nc2OC1c1cc(OC)ccc1Br. The number of halogens is 1. The quantitative estimate of drug-likeness (QED) is 0.486. The largest absolute Gasteiger partial charge is 0.497 e. The molecule has 0 aliphatic carbocycles. The van der Waals surface area contributed by atoms with Gasteiger partial charge in [-0.3, -0.25) is 9.69 Å². The zero-order chi connectivity index (χ0) is 21.3. The van der Waals surface area contributed by atoms with Crippen molar-refractivity contribution in [3.8, 4) is 22.9 Å². The lowest BCUT2D eigenvalue weighted by atomic mass is 10.1. The standard InChI is InChI=1S/C21H19BrN4O3S/c1-4-17(27)26-16-8-6-5-7-13(16)18-19(23-21(30-3)25-24-18)29-20(26)14-11-12(28-2)9-10-15(14)22/h5-11,20H,4H2,1-3H3. The molecule has 9 heteroatoms. The van der Waals surface area contributed by atoms with Gasteiger partial charge in [0.15, 0.2) is 5.69 Å². The molecule has 7 nitrogen and oxygen atoms in total. The van der Waals surface area contributed by atoms with Crippen molar-refractivity contribution in [3.63, 3.8) is 0 Å². The molecule has 1 amide bonds. The molecule has 0 saturated heterocycles. The third-order valence-electron chi connectivity index (χ3n) is 4.73. The second-order valence-corrected chi connectivity index (χ2v) is 8.07. The lowest BCUT2D eigenvalue weighted by Crippen LogP contribution is -2.37. The summed E-state index contributed by atoms with van der Waals surface area (Å²) in [6.45, 7) is 1.82. The van der Waals surface area contributed by atoms with E-state index in [1.807, 2.05) is 55.6 Å². The Bertz CT molecular complexity index is 1110. The third kappa shape index (κ3) is 3.63. The second kappa shape index (κ2) is 8.61. The van der Waals surface area contributed by atoms with Crippen LogP contribution in [0.2, 0.25) is 0 Å². The van der Waals surface area contributed by atoms with Crippen molar-refractivity contribution in [2.45, 2.75) is 24.7 Å². The summed E-state index contributed by atoms with van der Waals surface area (Å²) in [6, 6.07) is 13.1. The smallest absolute Gasteiger partial charge is 0.247 e. The van der Waals surface area contributed by atoms with Gasteiger partial charge in [-0.25, -0.2) is 0 Å². The van der Waals surface area contributed by atoms with E-state index in [1.165, 1.54) is 11.8 Å². The van der Waals surface area contributed by atoms with Crippen molar-refractivity contribution in [3.05, 3.63) is 52.5 Å². The highest BCUT2D eigenvalue weighted by atomic mass is 79.9. The molecule has 1 aromatic heterocycles. The van der Waals surface area contributed by atoms with Crippen LogP contribution in [0.15, 0.2) is 52.1 Å². The fourth-order valence-electron chi connectivity index (χ4n) is 3.28. The average Bonchev–Trinajstić information content (AvgIpc) is 2.93. The van der Waals surface area contributed by atoms with Crippen LogP contribution < -0.4 is 14.4 Å². The number of anilines is 1. The maximum Gasteiger partial charge on any atom is 0.247 e. The number of fused-ring (bicyclic) bond motifs is 3. The molecule has 1 aliphatic rings. The summed E-state index contributed by atoms with van der Waals surface area (Å²) in [5, 5.41) is 9.03.